The van der Waals surface area contributed by atoms with Crippen molar-refractivity contribution in [3.8, 4) is 11.4 Å². The number of nitrogens with zero attached hydrogens (tertiary/aromatic N) is 6. The standard InChI is InChI=1S/C18H15BrN6O/c19-15-9-5-4-8-14(15)18-20-23-25(22-18)12-17(26)24-11-10-16(21-24)13-6-2-1-3-7-13/h1-9H,10-12H2. The van der Waals surface area contributed by atoms with Gasteiger partial charge in [-0.05, 0) is 22.9 Å². The molecule has 1 amide bonds. The van der Waals surface area contributed by atoms with Gasteiger partial charge in [0.1, 0.15) is 6.54 Å². The molecule has 0 saturated heterocycles. The van der Waals surface area contributed by atoms with E-state index in [4.69, 9.17) is 0 Å². The summed E-state index contributed by atoms with van der Waals surface area (Å²) in [7, 11) is 0. The molecule has 8 heteroatoms. The summed E-state index contributed by atoms with van der Waals surface area (Å²) in [6.45, 7) is 0.567. The second-order valence-electron chi connectivity index (χ2n) is 5.80. The molecule has 1 aliphatic rings. The molecule has 0 aliphatic carbocycles. The van der Waals surface area contributed by atoms with Crippen molar-refractivity contribution in [3.63, 3.8) is 0 Å². The van der Waals surface area contributed by atoms with Gasteiger partial charge in [0.05, 0.1) is 12.3 Å². The highest BCUT2D eigenvalue weighted by Gasteiger charge is 2.22. The molecular weight excluding hydrogens is 396 g/mol. The Balaban J connectivity index is 1.46. The van der Waals surface area contributed by atoms with Gasteiger partial charge in [-0.2, -0.15) is 9.90 Å². The van der Waals surface area contributed by atoms with E-state index in [1.165, 1.54) is 9.81 Å². The van der Waals surface area contributed by atoms with Crippen molar-refractivity contribution in [1.82, 2.24) is 25.2 Å². The van der Waals surface area contributed by atoms with Crippen LogP contribution in [0.5, 0.6) is 0 Å². The number of carbonyl (C=O) groups is 1. The van der Waals surface area contributed by atoms with Crippen molar-refractivity contribution in [2.45, 2.75) is 13.0 Å². The zero-order valence-corrected chi connectivity index (χ0v) is 15.4. The second-order valence-corrected chi connectivity index (χ2v) is 6.66. The SMILES string of the molecule is O=C(Cn1nnc(-c2ccccc2Br)n1)N1CCC(c2ccccc2)=N1. The third kappa shape index (κ3) is 3.41. The lowest BCUT2D eigenvalue weighted by molar-refractivity contribution is -0.131. The Morgan fingerprint density at radius 1 is 1.08 bits per heavy atom. The van der Waals surface area contributed by atoms with Crippen LogP contribution in [0.15, 0.2) is 64.2 Å². The minimum Gasteiger partial charge on any atom is -0.271 e. The number of aromatic nitrogens is 4. The van der Waals surface area contributed by atoms with E-state index in [9.17, 15) is 4.79 Å². The molecule has 26 heavy (non-hydrogen) atoms. The molecule has 3 aromatic rings. The maximum absolute atomic E-state index is 12.5. The molecule has 4 rings (SSSR count). The fraction of sp³-hybridized carbons (Fsp3) is 0.167. The molecule has 0 atom stereocenters. The molecule has 1 aliphatic heterocycles. The van der Waals surface area contributed by atoms with E-state index in [2.05, 4.69) is 36.4 Å². The number of hydrogen-bond donors (Lipinski definition) is 0. The van der Waals surface area contributed by atoms with Crippen molar-refractivity contribution >= 4 is 27.5 Å². The first-order valence-electron chi connectivity index (χ1n) is 8.17. The van der Waals surface area contributed by atoms with Gasteiger partial charge in [-0.3, -0.25) is 4.79 Å². The second kappa shape index (κ2) is 7.17. The molecule has 0 radical (unpaired) electrons. The van der Waals surface area contributed by atoms with Crippen LogP contribution in [-0.2, 0) is 11.3 Å². The van der Waals surface area contributed by atoms with Crippen molar-refractivity contribution in [1.29, 1.82) is 0 Å². The van der Waals surface area contributed by atoms with Crippen LogP contribution in [0.3, 0.4) is 0 Å². The molecular formula is C18H15BrN6O. The summed E-state index contributed by atoms with van der Waals surface area (Å²) in [5.41, 5.74) is 2.79. The van der Waals surface area contributed by atoms with Gasteiger partial charge < -0.3 is 0 Å². The number of hydrogen-bond acceptors (Lipinski definition) is 5. The van der Waals surface area contributed by atoms with Crippen molar-refractivity contribution in [3.05, 3.63) is 64.6 Å². The van der Waals surface area contributed by atoms with Crippen LogP contribution in [0.2, 0.25) is 0 Å². The molecule has 2 aromatic carbocycles. The Labute approximate surface area is 158 Å². The van der Waals surface area contributed by atoms with Crippen LogP contribution in [-0.4, -0.2) is 43.4 Å². The van der Waals surface area contributed by atoms with Crippen LogP contribution in [0.1, 0.15) is 12.0 Å². The van der Waals surface area contributed by atoms with Crippen molar-refractivity contribution < 1.29 is 4.79 Å². The first-order chi connectivity index (χ1) is 12.7. The van der Waals surface area contributed by atoms with Crippen LogP contribution in [0.4, 0.5) is 0 Å². The zero-order chi connectivity index (χ0) is 17.9. The Hall–Kier alpha value is -2.87. The molecule has 7 nitrogen and oxygen atoms in total. The highest BCUT2D eigenvalue weighted by atomic mass is 79.9. The van der Waals surface area contributed by atoms with Crippen LogP contribution < -0.4 is 0 Å². The number of carbonyl (C=O) groups excluding carboxylic acids is 1. The molecule has 0 saturated carbocycles. The number of hydrazone groups is 1. The Bertz CT molecular complexity index is 969. The van der Waals surface area contributed by atoms with Gasteiger partial charge >= 0.3 is 0 Å². The van der Waals surface area contributed by atoms with Crippen LogP contribution in [0, 0.1) is 0 Å². The van der Waals surface area contributed by atoms with E-state index in [-0.39, 0.29) is 12.5 Å². The largest absolute Gasteiger partial charge is 0.271 e. The van der Waals surface area contributed by atoms with E-state index in [1.807, 2.05) is 54.6 Å². The number of tetrazole rings is 1. The fourth-order valence-corrected chi connectivity index (χ4v) is 3.20. The van der Waals surface area contributed by atoms with Gasteiger partial charge in [-0.1, -0.05) is 58.4 Å². The number of benzene rings is 2. The first-order valence-corrected chi connectivity index (χ1v) is 8.96. The third-order valence-corrected chi connectivity index (χ3v) is 4.73. The number of rotatable bonds is 4. The van der Waals surface area contributed by atoms with Gasteiger partial charge in [0.2, 0.25) is 5.82 Å². The molecule has 0 spiro atoms. The predicted octanol–water partition coefficient (Wildman–Crippen LogP) is 2.74. The van der Waals surface area contributed by atoms with E-state index in [0.717, 1.165) is 27.7 Å². The maximum Gasteiger partial charge on any atom is 0.266 e. The minimum atomic E-state index is -0.160. The van der Waals surface area contributed by atoms with Gasteiger partial charge in [-0.15, -0.1) is 10.2 Å². The molecule has 0 N–H and O–H groups in total. The van der Waals surface area contributed by atoms with E-state index >= 15 is 0 Å². The predicted molar refractivity (Wildman–Crippen MR) is 100 cm³/mol. The Kier molecular flexibility index (Phi) is 4.57. The number of halogens is 1. The summed E-state index contributed by atoms with van der Waals surface area (Å²) in [5.74, 6) is 0.312. The summed E-state index contributed by atoms with van der Waals surface area (Å²) in [6, 6.07) is 17.5. The summed E-state index contributed by atoms with van der Waals surface area (Å²) in [5, 5.41) is 18.2. The molecule has 1 aromatic heterocycles. The first kappa shape index (κ1) is 16.6. The lowest BCUT2D eigenvalue weighted by Gasteiger charge is -2.10. The lowest BCUT2D eigenvalue weighted by atomic mass is 10.1. The van der Waals surface area contributed by atoms with Crippen LogP contribution >= 0.6 is 15.9 Å². The molecule has 2 heterocycles. The Morgan fingerprint density at radius 3 is 2.65 bits per heavy atom. The minimum absolute atomic E-state index is 0.00300. The molecule has 0 unspecified atom stereocenters. The van der Waals surface area contributed by atoms with Crippen molar-refractivity contribution in [2.24, 2.45) is 5.10 Å². The van der Waals surface area contributed by atoms with E-state index < -0.39 is 0 Å². The van der Waals surface area contributed by atoms with Gasteiger partial charge in [-0.25, -0.2) is 5.01 Å². The summed E-state index contributed by atoms with van der Waals surface area (Å²) >= 11 is 3.47. The zero-order valence-electron chi connectivity index (χ0n) is 13.8. The number of amides is 1. The van der Waals surface area contributed by atoms with Crippen molar-refractivity contribution in [2.75, 3.05) is 6.54 Å². The molecule has 0 bridgehead atoms. The van der Waals surface area contributed by atoms with E-state index in [1.54, 1.807) is 0 Å². The molecule has 130 valence electrons. The average Bonchev–Trinajstić information content (AvgIpc) is 3.33. The fourth-order valence-electron chi connectivity index (χ4n) is 2.73. The lowest BCUT2D eigenvalue weighted by Crippen LogP contribution is -2.28. The maximum atomic E-state index is 12.5. The highest BCUT2D eigenvalue weighted by Crippen LogP contribution is 2.24. The quantitative estimate of drug-likeness (QED) is 0.662. The summed E-state index contributed by atoms with van der Waals surface area (Å²) in [6.07, 6.45) is 0.739. The topological polar surface area (TPSA) is 76.3 Å². The normalized spacial score (nSPS) is 13.7. The third-order valence-electron chi connectivity index (χ3n) is 4.04. The Morgan fingerprint density at radius 2 is 1.85 bits per heavy atom. The van der Waals surface area contributed by atoms with Gasteiger partial charge in [0, 0.05) is 16.5 Å². The van der Waals surface area contributed by atoms with Crippen LogP contribution in [0.25, 0.3) is 11.4 Å². The molecule has 0 fully saturated rings. The van der Waals surface area contributed by atoms with Gasteiger partial charge in [0.25, 0.3) is 5.91 Å². The summed E-state index contributed by atoms with van der Waals surface area (Å²) < 4.78 is 0.877. The van der Waals surface area contributed by atoms with Gasteiger partial charge in [0.15, 0.2) is 0 Å². The summed E-state index contributed by atoms with van der Waals surface area (Å²) in [4.78, 5) is 13.8. The smallest absolute Gasteiger partial charge is 0.266 e. The monoisotopic (exact) mass is 410 g/mol. The average molecular weight is 411 g/mol. The highest BCUT2D eigenvalue weighted by molar-refractivity contribution is 9.10. The van der Waals surface area contributed by atoms with E-state index in [0.29, 0.717) is 12.4 Å².